The molecule has 0 spiro atoms. The summed E-state index contributed by atoms with van der Waals surface area (Å²) in [5, 5.41) is 12.8. The third kappa shape index (κ3) is 1.41. The largest absolute Gasteiger partial charge is 0.477 e. The highest BCUT2D eigenvalue weighted by atomic mass is 16.4. The maximum Gasteiger partial charge on any atom is 0.341 e. The van der Waals surface area contributed by atoms with Crippen LogP contribution in [0.15, 0.2) is 30.5 Å². The lowest BCUT2D eigenvalue weighted by Gasteiger charge is -1.98. The minimum Gasteiger partial charge on any atom is -0.477 e. The predicted octanol–water partition coefficient (Wildman–Crippen LogP) is 1.03. The number of aromatic carboxylic acids is 1. The lowest BCUT2D eigenvalue weighted by Crippen LogP contribution is -2.06. The quantitative estimate of drug-likeness (QED) is 0.622. The van der Waals surface area contributed by atoms with Crippen LogP contribution in [-0.4, -0.2) is 30.8 Å². The Kier molecular flexibility index (Phi) is 2.06. The lowest BCUT2D eigenvalue weighted by atomic mass is 10.3. The van der Waals surface area contributed by atoms with Gasteiger partial charge in [-0.25, -0.2) is 9.78 Å². The molecule has 90 valence electrons. The molecule has 0 amide bonds. The second-order valence-electron chi connectivity index (χ2n) is 3.74. The van der Waals surface area contributed by atoms with Crippen LogP contribution in [0.25, 0.3) is 17.0 Å². The first-order chi connectivity index (χ1) is 8.66. The number of anilines is 1. The highest BCUT2D eigenvalue weighted by molar-refractivity contribution is 5.92. The molecule has 18 heavy (non-hydrogen) atoms. The molecule has 7 heteroatoms. The Morgan fingerprint density at radius 2 is 2.17 bits per heavy atom. The summed E-state index contributed by atoms with van der Waals surface area (Å²) in [4.78, 5) is 18.2. The number of hydrogen-bond acceptors (Lipinski definition) is 4. The number of carboxylic acid groups (broad SMARTS) is 1. The summed E-state index contributed by atoms with van der Waals surface area (Å²) < 4.78 is 1.27. The molecule has 0 unspecified atom stereocenters. The van der Waals surface area contributed by atoms with Crippen LogP contribution >= 0.6 is 0 Å². The number of nitrogens with one attached hydrogen (secondary N) is 1. The second kappa shape index (κ2) is 3.59. The van der Waals surface area contributed by atoms with Gasteiger partial charge in [-0.05, 0) is 12.1 Å². The van der Waals surface area contributed by atoms with E-state index in [9.17, 15) is 4.79 Å². The van der Waals surface area contributed by atoms with E-state index in [2.05, 4.69) is 15.1 Å². The molecule has 2 heterocycles. The highest BCUT2D eigenvalue weighted by Gasteiger charge is 2.16. The molecule has 0 fully saturated rings. The first-order valence-electron chi connectivity index (χ1n) is 5.19. The van der Waals surface area contributed by atoms with Crippen molar-refractivity contribution in [3.63, 3.8) is 0 Å². The molecule has 4 N–H and O–H groups in total. The summed E-state index contributed by atoms with van der Waals surface area (Å²) >= 11 is 0. The number of nitrogen functional groups attached to an aromatic ring is 1. The van der Waals surface area contributed by atoms with Gasteiger partial charge in [0.05, 0.1) is 17.2 Å². The van der Waals surface area contributed by atoms with Crippen molar-refractivity contribution < 1.29 is 9.90 Å². The smallest absolute Gasteiger partial charge is 0.341 e. The van der Waals surface area contributed by atoms with Crippen LogP contribution in [-0.2, 0) is 0 Å². The number of rotatable bonds is 2. The Morgan fingerprint density at radius 1 is 1.39 bits per heavy atom. The van der Waals surface area contributed by atoms with Crippen LogP contribution in [0.4, 0.5) is 5.82 Å². The molecule has 0 aliphatic rings. The standard InChI is InChI=1S/C11H9N5O2/c12-9-6(10(17)18)5-13-16(9)11-14-7-3-1-2-4-8(7)15-11/h1-5H,12H2,(H,14,15)(H,17,18). The maximum atomic E-state index is 10.9. The Labute approximate surface area is 101 Å². The number of nitrogens with zero attached hydrogens (tertiary/aromatic N) is 3. The molecule has 3 aromatic rings. The van der Waals surface area contributed by atoms with Crippen molar-refractivity contribution in [3.8, 4) is 5.95 Å². The van der Waals surface area contributed by atoms with Crippen LogP contribution in [0.2, 0.25) is 0 Å². The van der Waals surface area contributed by atoms with Gasteiger partial charge in [-0.1, -0.05) is 12.1 Å². The lowest BCUT2D eigenvalue weighted by molar-refractivity contribution is 0.0698. The molecule has 0 saturated carbocycles. The minimum atomic E-state index is -1.12. The van der Waals surface area contributed by atoms with E-state index < -0.39 is 5.97 Å². The fraction of sp³-hybridized carbons (Fsp3) is 0. The Hall–Kier alpha value is -2.83. The topological polar surface area (TPSA) is 110 Å². The van der Waals surface area contributed by atoms with Gasteiger partial charge in [0.2, 0.25) is 5.95 Å². The van der Waals surface area contributed by atoms with E-state index >= 15 is 0 Å². The van der Waals surface area contributed by atoms with Crippen LogP contribution in [0.3, 0.4) is 0 Å². The van der Waals surface area contributed by atoms with E-state index in [4.69, 9.17) is 10.8 Å². The average molecular weight is 243 g/mol. The molecule has 0 saturated heterocycles. The fourth-order valence-electron chi connectivity index (χ4n) is 1.73. The molecule has 2 aromatic heterocycles. The molecule has 0 atom stereocenters. The van der Waals surface area contributed by atoms with Crippen LogP contribution in [0.5, 0.6) is 0 Å². The van der Waals surface area contributed by atoms with Gasteiger partial charge in [-0.15, -0.1) is 0 Å². The van der Waals surface area contributed by atoms with E-state index in [0.717, 1.165) is 11.0 Å². The van der Waals surface area contributed by atoms with Gasteiger partial charge >= 0.3 is 5.97 Å². The first-order valence-corrected chi connectivity index (χ1v) is 5.19. The van der Waals surface area contributed by atoms with Crippen molar-refractivity contribution in [3.05, 3.63) is 36.0 Å². The van der Waals surface area contributed by atoms with Crippen molar-refractivity contribution in [2.24, 2.45) is 0 Å². The zero-order valence-corrected chi connectivity index (χ0v) is 9.16. The molecule has 1 aromatic carbocycles. The number of benzene rings is 1. The van der Waals surface area contributed by atoms with E-state index in [0.29, 0.717) is 5.95 Å². The third-order valence-electron chi connectivity index (χ3n) is 2.61. The number of aromatic amines is 1. The number of H-pyrrole nitrogens is 1. The summed E-state index contributed by atoms with van der Waals surface area (Å²) in [6, 6.07) is 7.44. The van der Waals surface area contributed by atoms with Crippen LogP contribution in [0.1, 0.15) is 10.4 Å². The number of para-hydroxylation sites is 2. The van der Waals surface area contributed by atoms with Crippen molar-refractivity contribution in [1.82, 2.24) is 19.7 Å². The number of carboxylic acids is 1. The molecule has 0 aliphatic carbocycles. The Balaban J connectivity index is 2.17. The van der Waals surface area contributed by atoms with E-state index in [-0.39, 0.29) is 11.4 Å². The summed E-state index contributed by atoms with van der Waals surface area (Å²) in [5.74, 6) is -0.683. The summed E-state index contributed by atoms with van der Waals surface area (Å²) in [7, 11) is 0. The van der Waals surface area contributed by atoms with Crippen molar-refractivity contribution >= 4 is 22.8 Å². The van der Waals surface area contributed by atoms with Gasteiger partial charge in [0.15, 0.2) is 0 Å². The summed E-state index contributed by atoms with van der Waals surface area (Å²) in [6.07, 6.45) is 1.20. The normalized spacial score (nSPS) is 10.9. The van der Waals surface area contributed by atoms with Gasteiger partial charge in [-0.2, -0.15) is 9.78 Å². The number of nitrogens with two attached hydrogens (primary N) is 1. The number of fused-ring (bicyclic) bond motifs is 1. The maximum absolute atomic E-state index is 10.9. The average Bonchev–Trinajstić information content (AvgIpc) is 2.91. The number of imidazole rings is 1. The molecular weight excluding hydrogens is 234 g/mol. The second-order valence-corrected chi connectivity index (χ2v) is 3.74. The van der Waals surface area contributed by atoms with Crippen LogP contribution < -0.4 is 5.73 Å². The highest BCUT2D eigenvalue weighted by Crippen LogP contribution is 2.18. The number of hydrogen-bond donors (Lipinski definition) is 3. The molecule has 7 nitrogen and oxygen atoms in total. The Bertz CT molecular complexity index is 710. The van der Waals surface area contributed by atoms with E-state index in [1.807, 2.05) is 24.3 Å². The van der Waals surface area contributed by atoms with Gasteiger partial charge in [0, 0.05) is 0 Å². The van der Waals surface area contributed by atoms with Gasteiger partial charge in [0.25, 0.3) is 0 Å². The van der Waals surface area contributed by atoms with Gasteiger partial charge < -0.3 is 15.8 Å². The minimum absolute atomic E-state index is 0.0431. The van der Waals surface area contributed by atoms with Crippen molar-refractivity contribution in [2.75, 3.05) is 5.73 Å². The monoisotopic (exact) mass is 243 g/mol. The SMILES string of the molecule is Nc1c(C(=O)O)cnn1-c1nc2ccccc2[nH]1. The predicted molar refractivity (Wildman–Crippen MR) is 64.6 cm³/mol. The van der Waals surface area contributed by atoms with Gasteiger partial charge in [0.1, 0.15) is 11.4 Å². The van der Waals surface area contributed by atoms with Crippen LogP contribution in [0, 0.1) is 0 Å². The molecule has 3 rings (SSSR count). The van der Waals surface area contributed by atoms with Gasteiger partial charge in [-0.3, -0.25) is 0 Å². The zero-order valence-electron chi connectivity index (χ0n) is 9.16. The first kappa shape index (κ1) is 10.3. The summed E-state index contributed by atoms with van der Waals surface area (Å²) in [6.45, 7) is 0. The van der Waals surface area contributed by atoms with E-state index in [1.165, 1.54) is 10.9 Å². The number of aromatic nitrogens is 4. The summed E-state index contributed by atoms with van der Waals surface area (Å²) in [5.41, 5.74) is 7.27. The van der Waals surface area contributed by atoms with Crippen molar-refractivity contribution in [2.45, 2.75) is 0 Å². The molecular formula is C11H9N5O2. The fourth-order valence-corrected chi connectivity index (χ4v) is 1.73. The third-order valence-corrected chi connectivity index (χ3v) is 2.61. The number of carbonyl (C=O) groups is 1. The molecule has 0 radical (unpaired) electrons. The Morgan fingerprint density at radius 3 is 2.83 bits per heavy atom. The van der Waals surface area contributed by atoms with Crippen molar-refractivity contribution in [1.29, 1.82) is 0 Å². The molecule has 0 aliphatic heterocycles. The van der Waals surface area contributed by atoms with E-state index in [1.54, 1.807) is 0 Å². The molecule has 0 bridgehead atoms. The zero-order chi connectivity index (χ0) is 12.7.